The lowest BCUT2D eigenvalue weighted by Gasteiger charge is -2.22. The van der Waals surface area contributed by atoms with Gasteiger partial charge >= 0.3 is 0 Å². The van der Waals surface area contributed by atoms with Gasteiger partial charge in [-0.15, -0.1) is 0 Å². The Bertz CT molecular complexity index is 616. The van der Waals surface area contributed by atoms with E-state index in [1.54, 1.807) is 0 Å². The van der Waals surface area contributed by atoms with E-state index in [-0.39, 0.29) is 0 Å². The second-order valence-electron chi connectivity index (χ2n) is 6.10. The molecule has 20 heavy (non-hydrogen) atoms. The van der Waals surface area contributed by atoms with Crippen molar-refractivity contribution in [3.05, 3.63) is 41.5 Å². The molecule has 2 heteroatoms. The van der Waals surface area contributed by atoms with Crippen molar-refractivity contribution < 1.29 is 0 Å². The van der Waals surface area contributed by atoms with E-state index in [0.29, 0.717) is 0 Å². The molecule has 3 rings (SSSR count). The van der Waals surface area contributed by atoms with Crippen molar-refractivity contribution in [1.82, 2.24) is 9.38 Å². The number of hydrogen-bond donors (Lipinski definition) is 0. The molecule has 1 aliphatic rings. The Kier molecular flexibility index (Phi) is 3.90. The van der Waals surface area contributed by atoms with Gasteiger partial charge < -0.3 is 4.40 Å². The quantitative estimate of drug-likeness (QED) is 0.781. The molecule has 1 aliphatic carbocycles. The van der Waals surface area contributed by atoms with Crippen molar-refractivity contribution in [2.75, 3.05) is 0 Å². The summed E-state index contributed by atoms with van der Waals surface area (Å²) in [5.41, 5.74) is 4.12. The molecule has 0 spiro atoms. The molecule has 0 bridgehead atoms. The van der Waals surface area contributed by atoms with Crippen molar-refractivity contribution in [3.63, 3.8) is 0 Å². The Balaban J connectivity index is 1.90. The molecule has 0 radical (unpaired) electrons. The van der Waals surface area contributed by atoms with Gasteiger partial charge in [-0.2, -0.15) is 0 Å². The highest BCUT2D eigenvalue weighted by Gasteiger charge is 2.15. The van der Waals surface area contributed by atoms with E-state index in [4.69, 9.17) is 0 Å². The van der Waals surface area contributed by atoms with Gasteiger partial charge in [0.05, 0.1) is 11.7 Å². The van der Waals surface area contributed by atoms with Gasteiger partial charge in [0.15, 0.2) is 0 Å². The van der Waals surface area contributed by atoms with Gasteiger partial charge in [-0.25, -0.2) is 4.98 Å². The number of pyridine rings is 1. The fourth-order valence-electron chi connectivity index (χ4n) is 3.40. The predicted molar refractivity (Wildman–Crippen MR) is 84.9 cm³/mol. The second-order valence-corrected chi connectivity index (χ2v) is 6.10. The van der Waals surface area contributed by atoms with E-state index in [1.807, 2.05) is 19.2 Å². The van der Waals surface area contributed by atoms with E-state index in [0.717, 1.165) is 11.7 Å². The first-order valence-electron chi connectivity index (χ1n) is 7.87. The van der Waals surface area contributed by atoms with Crippen LogP contribution < -0.4 is 0 Å². The standard InChI is InChI=1S/C18H24N2/c1-3-7-18-19-12-17-11-16(14(2)13-20(17)18)10-15-8-5-4-6-9-15/h3,7,11-13,15H,4-6,8-10H2,1-2H3/b7-3+. The smallest absolute Gasteiger partial charge is 0.136 e. The van der Waals surface area contributed by atoms with Crippen molar-refractivity contribution in [2.45, 2.75) is 52.4 Å². The zero-order chi connectivity index (χ0) is 13.9. The molecule has 0 unspecified atom stereocenters. The van der Waals surface area contributed by atoms with E-state index in [9.17, 15) is 0 Å². The molecule has 2 aromatic heterocycles. The molecular formula is C18H24N2. The van der Waals surface area contributed by atoms with E-state index >= 15 is 0 Å². The third-order valence-electron chi connectivity index (χ3n) is 4.55. The van der Waals surface area contributed by atoms with Crippen LogP contribution in [0.15, 0.2) is 24.5 Å². The lowest BCUT2D eigenvalue weighted by atomic mass is 9.84. The van der Waals surface area contributed by atoms with Crippen LogP contribution in [-0.2, 0) is 6.42 Å². The fraction of sp³-hybridized carbons (Fsp3) is 0.500. The SMILES string of the molecule is C/C=C/c1ncc2cc(CC3CCCCC3)c(C)cn12. The Hall–Kier alpha value is -1.57. The van der Waals surface area contributed by atoms with Gasteiger partial charge in [0.1, 0.15) is 5.82 Å². The summed E-state index contributed by atoms with van der Waals surface area (Å²) in [6, 6.07) is 2.34. The molecule has 0 amide bonds. The highest BCUT2D eigenvalue weighted by Crippen LogP contribution is 2.28. The molecule has 0 atom stereocenters. The van der Waals surface area contributed by atoms with Crippen molar-refractivity contribution in [3.8, 4) is 0 Å². The van der Waals surface area contributed by atoms with Gasteiger partial charge in [-0.3, -0.25) is 0 Å². The van der Waals surface area contributed by atoms with Crippen LogP contribution >= 0.6 is 0 Å². The Morgan fingerprint density at radius 1 is 1.30 bits per heavy atom. The second kappa shape index (κ2) is 5.82. The molecule has 1 saturated carbocycles. The fourth-order valence-corrected chi connectivity index (χ4v) is 3.40. The van der Waals surface area contributed by atoms with E-state index in [2.05, 4.69) is 34.6 Å². The summed E-state index contributed by atoms with van der Waals surface area (Å²) in [5.74, 6) is 1.91. The monoisotopic (exact) mass is 268 g/mol. The average molecular weight is 268 g/mol. The minimum atomic E-state index is 0.892. The number of imidazole rings is 1. The molecule has 0 N–H and O–H groups in total. The molecule has 1 fully saturated rings. The van der Waals surface area contributed by atoms with Crippen LogP contribution in [-0.4, -0.2) is 9.38 Å². The molecule has 2 nitrogen and oxygen atoms in total. The van der Waals surface area contributed by atoms with E-state index < -0.39 is 0 Å². The average Bonchev–Trinajstić information content (AvgIpc) is 2.83. The third kappa shape index (κ3) is 2.65. The first-order chi connectivity index (χ1) is 9.78. The maximum atomic E-state index is 4.49. The van der Waals surface area contributed by atoms with Crippen LogP contribution in [0.25, 0.3) is 11.6 Å². The highest BCUT2D eigenvalue weighted by molar-refractivity contribution is 5.55. The maximum Gasteiger partial charge on any atom is 0.136 e. The van der Waals surface area contributed by atoms with Crippen molar-refractivity contribution in [1.29, 1.82) is 0 Å². The number of aromatic nitrogens is 2. The molecular weight excluding hydrogens is 244 g/mol. The van der Waals surface area contributed by atoms with Crippen molar-refractivity contribution in [2.24, 2.45) is 5.92 Å². The number of nitrogens with zero attached hydrogens (tertiary/aromatic N) is 2. The summed E-state index contributed by atoms with van der Waals surface area (Å²) < 4.78 is 2.19. The normalized spacial score (nSPS) is 17.3. The summed E-state index contributed by atoms with van der Waals surface area (Å²) in [7, 11) is 0. The molecule has 2 aromatic rings. The number of aryl methyl sites for hydroxylation is 1. The zero-order valence-corrected chi connectivity index (χ0v) is 12.6. The van der Waals surface area contributed by atoms with Gasteiger partial charge in [-0.1, -0.05) is 38.2 Å². The van der Waals surface area contributed by atoms with Crippen molar-refractivity contribution >= 4 is 11.6 Å². The zero-order valence-electron chi connectivity index (χ0n) is 12.6. The first-order valence-corrected chi connectivity index (χ1v) is 7.87. The number of rotatable bonds is 3. The summed E-state index contributed by atoms with van der Waals surface area (Å²) in [6.07, 6.45) is 16.7. The van der Waals surface area contributed by atoms with Crippen LogP contribution in [0.4, 0.5) is 0 Å². The molecule has 106 valence electrons. The van der Waals surface area contributed by atoms with Gasteiger partial charge in [0.25, 0.3) is 0 Å². The summed E-state index contributed by atoms with van der Waals surface area (Å²) >= 11 is 0. The molecule has 0 aliphatic heterocycles. The Morgan fingerprint density at radius 2 is 2.10 bits per heavy atom. The maximum absolute atomic E-state index is 4.49. The largest absolute Gasteiger partial charge is 0.300 e. The minimum Gasteiger partial charge on any atom is -0.300 e. The number of hydrogen-bond acceptors (Lipinski definition) is 1. The van der Waals surface area contributed by atoms with Crippen LogP contribution in [0.2, 0.25) is 0 Å². The van der Waals surface area contributed by atoms with Gasteiger partial charge in [0.2, 0.25) is 0 Å². The topological polar surface area (TPSA) is 17.3 Å². The summed E-state index contributed by atoms with van der Waals surface area (Å²) in [6.45, 7) is 4.27. The molecule has 0 aromatic carbocycles. The molecule has 2 heterocycles. The van der Waals surface area contributed by atoms with Gasteiger partial charge in [-0.05, 0) is 49.5 Å². The first kappa shape index (κ1) is 13.4. The lowest BCUT2D eigenvalue weighted by molar-refractivity contribution is 0.356. The predicted octanol–water partition coefficient (Wildman–Crippen LogP) is 4.80. The van der Waals surface area contributed by atoms with Crippen LogP contribution in [0.5, 0.6) is 0 Å². The third-order valence-corrected chi connectivity index (χ3v) is 4.55. The van der Waals surface area contributed by atoms with Gasteiger partial charge in [0, 0.05) is 6.20 Å². The minimum absolute atomic E-state index is 0.892. The summed E-state index contributed by atoms with van der Waals surface area (Å²) in [5, 5.41) is 0. The lowest BCUT2D eigenvalue weighted by Crippen LogP contribution is -2.10. The Labute approximate surface area is 121 Å². The highest BCUT2D eigenvalue weighted by atomic mass is 15.0. The molecule has 0 saturated heterocycles. The Morgan fingerprint density at radius 3 is 2.85 bits per heavy atom. The number of allylic oxidation sites excluding steroid dienone is 1. The van der Waals surface area contributed by atoms with Crippen LogP contribution in [0.3, 0.4) is 0 Å². The number of fused-ring (bicyclic) bond motifs is 1. The summed E-state index contributed by atoms with van der Waals surface area (Å²) in [4.78, 5) is 4.49. The van der Waals surface area contributed by atoms with E-state index in [1.165, 1.54) is 55.2 Å². The van der Waals surface area contributed by atoms with Crippen LogP contribution in [0.1, 0.15) is 56.0 Å². The van der Waals surface area contributed by atoms with Crippen LogP contribution in [0, 0.1) is 12.8 Å².